The van der Waals surface area contributed by atoms with Gasteiger partial charge in [0.2, 0.25) is 0 Å². The first-order chi connectivity index (χ1) is 10.2. The molecule has 0 saturated heterocycles. The van der Waals surface area contributed by atoms with Gasteiger partial charge in [0.1, 0.15) is 16.5 Å². The molecule has 116 valence electrons. The summed E-state index contributed by atoms with van der Waals surface area (Å²) in [5, 5.41) is 3.94. The van der Waals surface area contributed by atoms with E-state index in [0.717, 1.165) is 6.54 Å². The molecule has 5 nitrogen and oxygen atoms in total. The summed E-state index contributed by atoms with van der Waals surface area (Å²) in [6, 6.07) is 0. The fourth-order valence-corrected chi connectivity index (χ4v) is 3.21. The first-order valence-electron chi connectivity index (χ1n) is 7.09. The summed E-state index contributed by atoms with van der Waals surface area (Å²) in [4.78, 5) is 20.3. The van der Waals surface area contributed by atoms with Crippen molar-refractivity contribution in [2.75, 3.05) is 25.2 Å². The monoisotopic (exact) mass is 329 g/mol. The number of esters is 1. The third-order valence-electron chi connectivity index (χ3n) is 3.70. The van der Waals surface area contributed by atoms with E-state index in [1.807, 2.05) is 6.26 Å². The van der Waals surface area contributed by atoms with Gasteiger partial charge in [0.15, 0.2) is 5.16 Å². The van der Waals surface area contributed by atoms with Gasteiger partial charge in [0.05, 0.1) is 7.11 Å². The van der Waals surface area contributed by atoms with Crippen LogP contribution in [0.15, 0.2) is 5.16 Å². The van der Waals surface area contributed by atoms with Crippen molar-refractivity contribution in [2.24, 2.45) is 5.92 Å². The molecule has 2 rings (SSSR count). The van der Waals surface area contributed by atoms with Gasteiger partial charge in [0.25, 0.3) is 0 Å². The standard InChI is InChI=1S/C14H20ClN3O2S/c1-20-13(19)10-11(15)17-14(21-2)18-12(10)16-8-9-6-4-3-5-7-9/h9H,3-8H2,1-2H3,(H,16,17,18). The first kappa shape index (κ1) is 16.4. The Morgan fingerprint density at radius 3 is 2.71 bits per heavy atom. The number of nitrogens with zero attached hydrogens (tertiary/aromatic N) is 2. The van der Waals surface area contributed by atoms with Crippen molar-refractivity contribution in [2.45, 2.75) is 37.3 Å². The number of ether oxygens (including phenoxy) is 1. The number of hydrogen-bond donors (Lipinski definition) is 1. The number of anilines is 1. The second-order valence-electron chi connectivity index (χ2n) is 5.10. The van der Waals surface area contributed by atoms with Crippen LogP contribution in [0.1, 0.15) is 42.5 Å². The molecule has 7 heteroatoms. The molecule has 1 aromatic rings. The van der Waals surface area contributed by atoms with Crippen molar-refractivity contribution in [1.29, 1.82) is 0 Å². The van der Waals surface area contributed by atoms with Crippen molar-refractivity contribution in [3.63, 3.8) is 0 Å². The van der Waals surface area contributed by atoms with Gasteiger partial charge in [-0.1, -0.05) is 42.6 Å². The maximum Gasteiger partial charge on any atom is 0.344 e. The van der Waals surface area contributed by atoms with Crippen molar-refractivity contribution < 1.29 is 9.53 Å². The van der Waals surface area contributed by atoms with Crippen LogP contribution in [0.5, 0.6) is 0 Å². The van der Waals surface area contributed by atoms with Crippen LogP contribution in [0.3, 0.4) is 0 Å². The smallest absolute Gasteiger partial charge is 0.344 e. The second-order valence-corrected chi connectivity index (χ2v) is 6.23. The van der Waals surface area contributed by atoms with Gasteiger partial charge in [-0.15, -0.1) is 0 Å². The van der Waals surface area contributed by atoms with E-state index in [4.69, 9.17) is 16.3 Å². The van der Waals surface area contributed by atoms with Crippen molar-refractivity contribution in [1.82, 2.24) is 9.97 Å². The Morgan fingerprint density at radius 2 is 2.10 bits per heavy atom. The highest BCUT2D eigenvalue weighted by Crippen LogP contribution is 2.27. The summed E-state index contributed by atoms with van der Waals surface area (Å²) in [5.74, 6) is 0.575. The lowest BCUT2D eigenvalue weighted by Crippen LogP contribution is -2.20. The fourth-order valence-electron chi connectivity index (χ4n) is 2.55. The lowest BCUT2D eigenvalue weighted by Gasteiger charge is -2.22. The predicted octanol–water partition coefficient (Wildman–Crippen LogP) is 3.63. The van der Waals surface area contributed by atoms with Crippen LogP contribution in [0.2, 0.25) is 5.15 Å². The molecule has 1 aliphatic carbocycles. The van der Waals surface area contributed by atoms with E-state index in [2.05, 4.69) is 15.3 Å². The maximum atomic E-state index is 11.9. The SMILES string of the molecule is COC(=O)c1c(Cl)nc(SC)nc1NCC1CCCCC1. The molecule has 1 saturated carbocycles. The number of methoxy groups -OCH3 is 1. The molecule has 1 aromatic heterocycles. The summed E-state index contributed by atoms with van der Waals surface area (Å²) in [5.41, 5.74) is 0.216. The zero-order chi connectivity index (χ0) is 15.2. The van der Waals surface area contributed by atoms with Gasteiger partial charge in [-0.3, -0.25) is 0 Å². The van der Waals surface area contributed by atoms with E-state index >= 15 is 0 Å². The van der Waals surface area contributed by atoms with Crippen LogP contribution in [-0.4, -0.2) is 35.8 Å². The number of thioether (sulfide) groups is 1. The normalized spacial score (nSPS) is 15.8. The average Bonchev–Trinajstić information content (AvgIpc) is 2.52. The number of carbonyl (C=O) groups excluding carboxylic acids is 1. The topological polar surface area (TPSA) is 64.1 Å². The van der Waals surface area contributed by atoms with Crippen LogP contribution < -0.4 is 5.32 Å². The number of rotatable bonds is 5. The Hall–Kier alpha value is -1.01. The lowest BCUT2D eigenvalue weighted by molar-refractivity contribution is 0.0601. The molecule has 1 aliphatic rings. The average molecular weight is 330 g/mol. The minimum Gasteiger partial charge on any atom is -0.465 e. The molecule has 1 fully saturated rings. The summed E-state index contributed by atoms with van der Waals surface area (Å²) in [7, 11) is 1.33. The minimum absolute atomic E-state index is 0.132. The molecule has 0 bridgehead atoms. The number of halogens is 1. The highest BCUT2D eigenvalue weighted by molar-refractivity contribution is 7.98. The van der Waals surface area contributed by atoms with E-state index in [0.29, 0.717) is 16.9 Å². The Balaban J connectivity index is 2.18. The van der Waals surface area contributed by atoms with Crippen LogP contribution >= 0.6 is 23.4 Å². The van der Waals surface area contributed by atoms with E-state index in [1.165, 1.54) is 51.0 Å². The zero-order valence-corrected chi connectivity index (χ0v) is 13.9. The Labute approximate surface area is 134 Å². The molecule has 0 amide bonds. The molecule has 0 spiro atoms. The molecule has 0 aliphatic heterocycles. The Bertz CT molecular complexity index is 507. The molecule has 0 unspecified atom stereocenters. The van der Waals surface area contributed by atoms with E-state index < -0.39 is 5.97 Å². The number of carbonyl (C=O) groups is 1. The molecular formula is C14H20ClN3O2S. The zero-order valence-electron chi connectivity index (χ0n) is 12.3. The molecule has 1 heterocycles. The largest absolute Gasteiger partial charge is 0.465 e. The van der Waals surface area contributed by atoms with Crippen LogP contribution in [0.4, 0.5) is 5.82 Å². The van der Waals surface area contributed by atoms with E-state index in [9.17, 15) is 4.79 Å². The number of nitrogens with one attached hydrogen (secondary N) is 1. The van der Waals surface area contributed by atoms with E-state index in [1.54, 1.807) is 0 Å². The van der Waals surface area contributed by atoms with Gasteiger partial charge in [-0.2, -0.15) is 0 Å². The second kappa shape index (κ2) is 7.84. The van der Waals surface area contributed by atoms with Gasteiger partial charge in [0, 0.05) is 6.54 Å². The van der Waals surface area contributed by atoms with Gasteiger partial charge < -0.3 is 10.1 Å². The van der Waals surface area contributed by atoms with Crippen LogP contribution in [0, 0.1) is 5.92 Å². The highest BCUT2D eigenvalue weighted by Gasteiger charge is 2.22. The Morgan fingerprint density at radius 1 is 1.38 bits per heavy atom. The van der Waals surface area contributed by atoms with Crippen LogP contribution in [0.25, 0.3) is 0 Å². The predicted molar refractivity (Wildman–Crippen MR) is 85.2 cm³/mol. The maximum absolute atomic E-state index is 11.9. The van der Waals surface area contributed by atoms with Gasteiger partial charge in [-0.05, 0) is 25.0 Å². The third-order valence-corrected chi connectivity index (χ3v) is 4.52. The Kier molecular flexibility index (Phi) is 6.11. The molecule has 0 radical (unpaired) electrons. The van der Waals surface area contributed by atoms with Crippen molar-refractivity contribution in [3.8, 4) is 0 Å². The van der Waals surface area contributed by atoms with Crippen LogP contribution in [-0.2, 0) is 4.74 Å². The number of hydrogen-bond acceptors (Lipinski definition) is 6. The third kappa shape index (κ3) is 4.23. The van der Waals surface area contributed by atoms with Crippen molar-refractivity contribution in [3.05, 3.63) is 10.7 Å². The van der Waals surface area contributed by atoms with Crippen molar-refractivity contribution >= 4 is 35.1 Å². The molecule has 0 atom stereocenters. The summed E-state index contributed by atoms with van der Waals surface area (Å²) >= 11 is 7.49. The van der Waals surface area contributed by atoms with E-state index in [-0.39, 0.29) is 10.7 Å². The lowest BCUT2D eigenvalue weighted by atomic mass is 9.89. The first-order valence-corrected chi connectivity index (χ1v) is 8.69. The summed E-state index contributed by atoms with van der Waals surface area (Å²) < 4.78 is 4.77. The minimum atomic E-state index is -0.515. The summed E-state index contributed by atoms with van der Waals surface area (Å²) in [6.07, 6.45) is 8.17. The quantitative estimate of drug-likeness (QED) is 0.385. The van der Waals surface area contributed by atoms with Gasteiger partial charge in [-0.25, -0.2) is 14.8 Å². The fraction of sp³-hybridized carbons (Fsp3) is 0.643. The summed E-state index contributed by atoms with van der Waals surface area (Å²) in [6.45, 7) is 0.797. The van der Waals surface area contributed by atoms with Gasteiger partial charge >= 0.3 is 5.97 Å². The molecule has 21 heavy (non-hydrogen) atoms. The molecule has 0 aromatic carbocycles. The molecular weight excluding hydrogens is 310 g/mol. The highest BCUT2D eigenvalue weighted by atomic mass is 35.5. The molecule has 1 N–H and O–H groups in total. The number of aromatic nitrogens is 2.